The zero-order valence-corrected chi connectivity index (χ0v) is 13.0. The second-order valence-electron chi connectivity index (χ2n) is 5.13. The Morgan fingerprint density at radius 1 is 1.48 bits per heavy atom. The lowest BCUT2D eigenvalue weighted by Crippen LogP contribution is -2.34. The summed E-state index contributed by atoms with van der Waals surface area (Å²) in [6.45, 7) is 2.01. The molecule has 1 aromatic carbocycles. The molecule has 1 saturated heterocycles. The van der Waals surface area contributed by atoms with Crippen molar-refractivity contribution in [2.24, 2.45) is 0 Å². The van der Waals surface area contributed by atoms with Gasteiger partial charge in [-0.25, -0.2) is 13.2 Å². The summed E-state index contributed by atoms with van der Waals surface area (Å²) in [6, 6.07) is 4.85. The minimum absolute atomic E-state index is 0.0834. The number of para-hydroxylation sites is 1. The molecular weight excluding hydrogens is 292 g/mol. The molecule has 7 heteroatoms. The van der Waals surface area contributed by atoms with E-state index in [2.05, 4.69) is 0 Å². The van der Waals surface area contributed by atoms with Gasteiger partial charge in [-0.3, -0.25) is 0 Å². The van der Waals surface area contributed by atoms with Gasteiger partial charge in [0.25, 0.3) is 0 Å². The Kier molecular flexibility index (Phi) is 4.41. The summed E-state index contributed by atoms with van der Waals surface area (Å²) in [7, 11) is -1.24. The molecule has 1 aromatic rings. The van der Waals surface area contributed by atoms with Gasteiger partial charge >= 0.3 is 5.97 Å². The number of esters is 1. The van der Waals surface area contributed by atoms with Crippen molar-refractivity contribution in [3.8, 4) is 0 Å². The third-order valence-electron chi connectivity index (χ3n) is 3.67. The molecule has 1 unspecified atom stereocenters. The van der Waals surface area contributed by atoms with Gasteiger partial charge in [-0.15, -0.1) is 0 Å². The van der Waals surface area contributed by atoms with Crippen molar-refractivity contribution in [2.75, 3.05) is 35.8 Å². The number of anilines is 2. The molecule has 0 aliphatic carbocycles. The SMILES string of the molecule is CCOC(=O)c1cccc(N)c1N(C)C1CCS(=O)(=O)C1. The van der Waals surface area contributed by atoms with Crippen LogP contribution in [0.4, 0.5) is 11.4 Å². The van der Waals surface area contributed by atoms with Crippen molar-refractivity contribution in [1.29, 1.82) is 0 Å². The van der Waals surface area contributed by atoms with Gasteiger partial charge in [0.1, 0.15) is 0 Å². The molecule has 1 aliphatic heterocycles. The summed E-state index contributed by atoms with van der Waals surface area (Å²) in [5.41, 5.74) is 7.33. The van der Waals surface area contributed by atoms with Crippen LogP contribution in [0.15, 0.2) is 18.2 Å². The lowest BCUT2D eigenvalue weighted by atomic mass is 10.1. The highest BCUT2D eigenvalue weighted by Crippen LogP contribution is 2.31. The number of nitrogen functional groups attached to an aromatic ring is 1. The molecule has 0 spiro atoms. The first kappa shape index (κ1) is 15.6. The number of nitrogens with two attached hydrogens (primary N) is 1. The number of benzene rings is 1. The van der Waals surface area contributed by atoms with E-state index < -0.39 is 15.8 Å². The fourth-order valence-corrected chi connectivity index (χ4v) is 4.37. The standard InChI is InChI=1S/C14H20N2O4S/c1-3-20-14(17)11-5-4-6-12(15)13(11)16(2)10-7-8-21(18,19)9-10/h4-6,10H,3,7-9,15H2,1-2H3. The number of hydrogen-bond donors (Lipinski definition) is 1. The molecule has 2 N–H and O–H groups in total. The van der Waals surface area contributed by atoms with E-state index in [-0.39, 0.29) is 24.2 Å². The number of rotatable bonds is 4. The average Bonchev–Trinajstić information content (AvgIpc) is 2.78. The van der Waals surface area contributed by atoms with E-state index in [0.29, 0.717) is 23.4 Å². The van der Waals surface area contributed by atoms with E-state index >= 15 is 0 Å². The molecule has 0 bridgehead atoms. The quantitative estimate of drug-likeness (QED) is 0.661. The van der Waals surface area contributed by atoms with Gasteiger partial charge in [0.15, 0.2) is 9.84 Å². The summed E-state index contributed by atoms with van der Waals surface area (Å²) in [5, 5.41) is 0. The summed E-state index contributed by atoms with van der Waals surface area (Å²) in [6.07, 6.45) is 0.537. The van der Waals surface area contributed by atoms with Crippen LogP contribution in [0.25, 0.3) is 0 Å². The topological polar surface area (TPSA) is 89.7 Å². The molecule has 2 rings (SSSR count). The first-order valence-corrected chi connectivity index (χ1v) is 8.66. The monoisotopic (exact) mass is 312 g/mol. The van der Waals surface area contributed by atoms with Gasteiger partial charge in [0.05, 0.1) is 35.1 Å². The molecule has 6 nitrogen and oxygen atoms in total. The van der Waals surface area contributed by atoms with Crippen LogP contribution in [0.5, 0.6) is 0 Å². The normalized spacial score (nSPS) is 20.2. The van der Waals surface area contributed by atoms with Gasteiger partial charge < -0.3 is 15.4 Å². The Morgan fingerprint density at radius 2 is 2.19 bits per heavy atom. The first-order valence-electron chi connectivity index (χ1n) is 6.84. The molecule has 0 saturated carbocycles. The zero-order valence-electron chi connectivity index (χ0n) is 12.2. The fraction of sp³-hybridized carbons (Fsp3) is 0.500. The van der Waals surface area contributed by atoms with Gasteiger partial charge in [0, 0.05) is 13.1 Å². The van der Waals surface area contributed by atoms with Crippen LogP contribution in [0, 0.1) is 0 Å². The fourth-order valence-electron chi connectivity index (χ4n) is 2.59. The van der Waals surface area contributed by atoms with E-state index in [9.17, 15) is 13.2 Å². The van der Waals surface area contributed by atoms with Crippen molar-refractivity contribution in [3.63, 3.8) is 0 Å². The maximum absolute atomic E-state index is 12.0. The van der Waals surface area contributed by atoms with E-state index in [1.165, 1.54) is 0 Å². The van der Waals surface area contributed by atoms with E-state index in [1.807, 2.05) is 0 Å². The predicted molar refractivity (Wildman–Crippen MR) is 82.3 cm³/mol. The van der Waals surface area contributed by atoms with E-state index in [4.69, 9.17) is 10.5 Å². The van der Waals surface area contributed by atoms with Crippen LogP contribution in [0.3, 0.4) is 0 Å². The molecule has 21 heavy (non-hydrogen) atoms. The molecule has 0 aromatic heterocycles. The number of sulfone groups is 1. The highest BCUT2D eigenvalue weighted by atomic mass is 32.2. The Bertz CT molecular complexity index is 642. The van der Waals surface area contributed by atoms with Gasteiger partial charge in [0.2, 0.25) is 0 Å². The van der Waals surface area contributed by atoms with Crippen LogP contribution < -0.4 is 10.6 Å². The van der Waals surface area contributed by atoms with Crippen LogP contribution >= 0.6 is 0 Å². The number of hydrogen-bond acceptors (Lipinski definition) is 6. The molecule has 1 heterocycles. The smallest absolute Gasteiger partial charge is 0.340 e. The summed E-state index contributed by atoms with van der Waals surface area (Å²) >= 11 is 0. The molecule has 1 aliphatic rings. The summed E-state index contributed by atoms with van der Waals surface area (Å²) in [5.74, 6) is -0.198. The third kappa shape index (κ3) is 3.29. The third-order valence-corrected chi connectivity index (χ3v) is 5.42. The van der Waals surface area contributed by atoms with Crippen LogP contribution in [-0.4, -0.2) is 45.6 Å². The number of carbonyl (C=O) groups excluding carboxylic acids is 1. The molecule has 116 valence electrons. The Morgan fingerprint density at radius 3 is 2.76 bits per heavy atom. The number of nitrogens with zero attached hydrogens (tertiary/aromatic N) is 1. The predicted octanol–water partition coefficient (Wildman–Crippen LogP) is 1.07. The minimum atomic E-state index is -3.00. The number of carbonyl (C=O) groups is 1. The van der Waals surface area contributed by atoms with Crippen molar-refractivity contribution in [3.05, 3.63) is 23.8 Å². The molecule has 1 atom stereocenters. The molecule has 0 radical (unpaired) electrons. The Hall–Kier alpha value is -1.76. The highest BCUT2D eigenvalue weighted by Gasteiger charge is 2.33. The van der Waals surface area contributed by atoms with E-state index in [1.54, 1.807) is 37.1 Å². The van der Waals surface area contributed by atoms with E-state index in [0.717, 1.165) is 0 Å². The maximum atomic E-state index is 12.0. The molecule has 0 amide bonds. The zero-order chi connectivity index (χ0) is 15.6. The van der Waals surface area contributed by atoms with Gasteiger partial charge in [-0.2, -0.15) is 0 Å². The van der Waals surface area contributed by atoms with Crippen molar-refractivity contribution >= 4 is 27.2 Å². The lowest BCUT2D eigenvalue weighted by molar-refractivity contribution is 0.0527. The van der Waals surface area contributed by atoms with Crippen LogP contribution in [0.1, 0.15) is 23.7 Å². The highest BCUT2D eigenvalue weighted by molar-refractivity contribution is 7.91. The van der Waals surface area contributed by atoms with Crippen LogP contribution in [-0.2, 0) is 14.6 Å². The van der Waals surface area contributed by atoms with Crippen molar-refractivity contribution in [2.45, 2.75) is 19.4 Å². The second kappa shape index (κ2) is 5.93. The van der Waals surface area contributed by atoms with Crippen molar-refractivity contribution in [1.82, 2.24) is 0 Å². The second-order valence-corrected chi connectivity index (χ2v) is 7.36. The lowest BCUT2D eigenvalue weighted by Gasteiger charge is -2.28. The Balaban J connectivity index is 2.36. The first-order chi connectivity index (χ1) is 9.85. The summed E-state index contributed by atoms with van der Waals surface area (Å²) in [4.78, 5) is 13.8. The number of ether oxygens (including phenoxy) is 1. The minimum Gasteiger partial charge on any atom is -0.462 e. The largest absolute Gasteiger partial charge is 0.462 e. The molecular formula is C14H20N2O4S. The van der Waals surface area contributed by atoms with Gasteiger partial charge in [-0.05, 0) is 25.5 Å². The average molecular weight is 312 g/mol. The van der Waals surface area contributed by atoms with Crippen molar-refractivity contribution < 1.29 is 17.9 Å². The van der Waals surface area contributed by atoms with Crippen LogP contribution in [0.2, 0.25) is 0 Å². The maximum Gasteiger partial charge on any atom is 0.340 e. The Labute approximate surface area is 124 Å². The van der Waals surface area contributed by atoms with Gasteiger partial charge in [-0.1, -0.05) is 6.07 Å². The summed E-state index contributed by atoms with van der Waals surface area (Å²) < 4.78 is 28.3. The molecule has 1 fully saturated rings.